The number of thioether (sulfide) groups is 1. The molecule has 2 rings (SSSR count). The third-order valence-corrected chi connectivity index (χ3v) is 3.83. The smallest absolute Gasteiger partial charge is 0.258 e. The lowest BCUT2D eigenvalue weighted by Gasteiger charge is -2.10. The third-order valence-electron chi connectivity index (χ3n) is 2.79. The molecule has 6 nitrogen and oxygen atoms in total. The molecule has 118 valence electrons. The molecule has 0 fully saturated rings. The first-order valence-electron chi connectivity index (χ1n) is 6.31. The Balaban J connectivity index is 1.95. The van der Waals surface area contributed by atoms with E-state index in [1.54, 1.807) is 17.9 Å². The normalized spacial score (nSPS) is 10.5. The standard InChI is InChI=1S/C13H14F2N4O2S/c1-19-7-17-18-13(19)22-6-5-16-12(20)10-9(21-2)4-3-8(14)11(10)15/h3-4,7H,5-6H2,1-2H3,(H,16,20). The molecule has 0 unspecified atom stereocenters. The summed E-state index contributed by atoms with van der Waals surface area (Å²) in [6, 6.07) is 2.12. The molecular formula is C13H14F2N4O2S. The number of halogens is 2. The number of nitrogens with one attached hydrogen (secondary N) is 1. The van der Waals surface area contributed by atoms with Crippen molar-refractivity contribution in [3.63, 3.8) is 0 Å². The van der Waals surface area contributed by atoms with Crippen LogP contribution in [-0.4, -0.2) is 40.1 Å². The minimum Gasteiger partial charge on any atom is -0.496 e. The molecule has 0 atom stereocenters. The molecule has 0 aliphatic rings. The molecule has 1 N–H and O–H groups in total. The Bertz CT molecular complexity index is 678. The van der Waals surface area contributed by atoms with Crippen LogP contribution in [0, 0.1) is 11.6 Å². The Labute approximate surface area is 129 Å². The molecule has 0 radical (unpaired) electrons. The summed E-state index contributed by atoms with van der Waals surface area (Å²) in [4.78, 5) is 12.0. The molecule has 1 aromatic carbocycles. The van der Waals surface area contributed by atoms with Gasteiger partial charge in [0.2, 0.25) is 0 Å². The molecule has 0 saturated heterocycles. The van der Waals surface area contributed by atoms with Gasteiger partial charge < -0.3 is 14.6 Å². The molecule has 1 aromatic heterocycles. The summed E-state index contributed by atoms with van der Waals surface area (Å²) >= 11 is 1.38. The zero-order valence-electron chi connectivity index (χ0n) is 12.0. The van der Waals surface area contributed by atoms with Crippen LogP contribution in [0.25, 0.3) is 0 Å². The number of hydrogen-bond donors (Lipinski definition) is 1. The quantitative estimate of drug-likeness (QED) is 0.645. The third kappa shape index (κ3) is 3.53. The minimum atomic E-state index is -1.22. The van der Waals surface area contributed by atoms with E-state index in [1.807, 2.05) is 0 Å². The first-order valence-corrected chi connectivity index (χ1v) is 7.30. The van der Waals surface area contributed by atoms with E-state index < -0.39 is 23.1 Å². The summed E-state index contributed by atoms with van der Waals surface area (Å²) in [6.07, 6.45) is 1.56. The summed E-state index contributed by atoms with van der Waals surface area (Å²) in [5.41, 5.74) is -0.439. The maximum atomic E-state index is 13.7. The number of amides is 1. The number of ether oxygens (including phenoxy) is 1. The molecule has 1 heterocycles. The summed E-state index contributed by atoms with van der Waals surface area (Å²) in [7, 11) is 3.08. The van der Waals surface area contributed by atoms with E-state index in [2.05, 4.69) is 15.5 Å². The van der Waals surface area contributed by atoms with Crippen molar-refractivity contribution < 1.29 is 18.3 Å². The largest absolute Gasteiger partial charge is 0.496 e. The van der Waals surface area contributed by atoms with Crippen molar-refractivity contribution in [1.82, 2.24) is 20.1 Å². The van der Waals surface area contributed by atoms with E-state index in [4.69, 9.17) is 4.74 Å². The molecule has 0 bridgehead atoms. The fourth-order valence-corrected chi connectivity index (χ4v) is 2.46. The number of carbonyl (C=O) groups is 1. The number of hydrogen-bond acceptors (Lipinski definition) is 5. The maximum absolute atomic E-state index is 13.7. The zero-order valence-corrected chi connectivity index (χ0v) is 12.8. The zero-order chi connectivity index (χ0) is 16.1. The lowest BCUT2D eigenvalue weighted by atomic mass is 10.1. The highest BCUT2D eigenvalue weighted by atomic mass is 32.2. The Morgan fingerprint density at radius 3 is 2.86 bits per heavy atom. The molecule has 0 spiro atoms. The number of methoxy groups -OCH3 is 1. The Hall–Kier alpha value is -2.16. The summed E-state index contributed by atoms with van der Waals surface area (Å²) in [6.45, 7) is 0.259. The number of carbonyl (C=O) groups excluding carboxylic acids is 1. The van der Waals surface area contributed by atoms with Gasteiger partial charge in [0.25, 0.3) is 5.91 Å². The maximum Gasteiger partial charge on any atom is 0.258 e. The highest BCUT2D eigenvalue weighted by Crippen LogP contribution is 2.23. The van der Waals surface area contributed by atoms with Crippen molar-refractivity contribution in [2.24, 2.45) is 7.05 Å². The van der Waals surface area contributed by atoms with E-state index >= 15 is 0 Å². The fourth-order valence-electron chi connectivity index (χ4n) is 1.71. The Morgan fingerprint density at radius 1 is 1.45 bits per heavy atom. The second-order valence-electron chi connectivity index (χ2n) is 4.27. The molecule has 9 heteroatoms. The van der Waals surface area contributed by atoms with Gasteiger partial charge in [0.1, 0.15) is 17.6 Å². The SMILES string of the molecule is COc1ccc(F)c(F)c1C(=O)NCCSc1nncn1C. The second-order valence-corrected chi connectivity index (χ2v) is 5.33. The van der Waals surface area contributed by atoms with Gasteiger partial charge in [-0.05, 0) is 12.1 Å². The van der Waals surface area contributed by atoms with E-state index in [-0.39, 0.29) is 12.3 Å². The lowest BCUT2D eigenvalue weighted by Crippen LogP contribution is -2.27. The predicted molar refractivity (Wildman–Crippen MR) is 77.0 cm³/mol. The van der Waals surface area contributed by atoms with Crippen LogP contribution in [0.15, 0.2) is 23.6 Å². The number of rotatable bonds is 6. The van der Waals surface area contributed by atoms with Gasteiger partial charge in [-0.15, -0.1) is 10.2 Å². The van der Waals surface area contributed by atoms with Gasteiger partial charge in [-0.1, -0.05) is 11.8 Å². The average molecular weight is 328 g/mol. The van der Waals surface area contributed by atoms with E-state index in [9.17, 15) is 13.6 Å². The van der Waals surface area contributed by atoms with Gasteiger partial charge in [0.05, 0.1) is 7.11 Å². The number of nitrogens with zero attached hydrogens (tertiary/aromatic N) is 3. The van der Waals surface area contributed by atoms with Gasteiger partial charge in [-0.3, -0.25) is 4.79 Å². The Morgan fingerprint density at radius 2 is 2.23 bits per heavy atom. The number of aryl methyl sites for hydroxylation is 1. The van der Waals surface area contributed by atoms with Crippen LogP contribution in [-0.2, 0) is 7.05 Å². The minimum absolute atomic E-state index is 0.0163. The van der Waals surface area contributed by atoms with Gasteiger partial charge >= 0.3 is 0 Å². The van der Waals surface area contributed by atoms with Crippen molar-refractivity contribution in [1.29, 1.82) is 0 Å². The van der Waals surface area contributed by atoms with E-state index in [0.717, 1.165) is 6.07 Å². The monoisotopic (exact) mass is 328 g/mol. The first kappa shape index (κ1) is 16.2. The summed E-state index contributed by atoms with van der Waals surface area (Å²) < 4.78 is 33.6. The predicted octanol–water partition coefficient (Wildman–Crippen LogP) is 1.62. The van der Waals surface area contributed by atoms with Crippen molar-refractivity contribution >= 4 is 17.7 Å². The van der Waals surface area contributed by atoms with Crippen LogP contribution in [0.4, 0.5) is 8.78 Å². The van der Waals surface area contributed by atoms with Crippen LogP contribution < -0.4 is 10.1 Å². The lowest BCUT2D eigenvalue weighted by molar-refractivity contribution is 0.0947. The fraction of sp³-hybridized carbons (Fsp3) is 0.308. The number of aromatic nitrogens is 3. The summed E-state index contributed by atoms with van der Waals surface area (Å²) in [5, 5.41) is 10.8. The van der Waals surface area contributed by atoms with Crippen LogP contribution in [0.2, 0.25) is 0 Å². The van der Waals surface area contributed by atoms with Crippen molar-refractivity contribution in [2.45, 2.75) is 5.16 Å². The van der Waals surface area contributed by atoms with E-state index in [1.165, 1.54) is 24.9 Å². The molecule has 22 heavy (non-hydrogen) atoms. The van der Waals surface area contributed by atoms with Crippen molar-refractivity contribution in [2.75, 3.05) is 19.4 Å². The number of benzene rings is 1. The average Bonchev–Trinajstić information content (AvgIpc) is 2.91. The van der Waals surface area contributed by atoms with Crippen LogP contribution in [0.5, 0.6) is 5.75 Å². The van der Waals surface area contributed by atoms with E-state index in [0.29, 0.717) is 10.9 Å². The van der Waals surface area contributed by atoms with Crippen LogP contribution >= 0.6 is 11.8 Å². The molecular weight excluding hydrogens is 314 g/mol. The Kier molecular flexibility index (Phi) is 5.31. The van der Waals surface area contributed by atoms with Gasteiger partial charge in [-0.25, -0.2) is 8.78 Å². The highest BCUT2D eigenvalue weighted by molar-refractivity contribution is 7.99. The molecule has 0 saturated carbocycles. The summed E-state index contributed by atoms with van der Waals surface area (Å²) in [5.74, 6) is -2.56. The van der Waals surface area contributed by atoms with Crippen LogP contribution in [0.1, 0.15) is 10.4 Å². The van der Waals surface area contributed by atoms with Gasteiger partial charge in [0, 0.05) is 19.3 Å². The molecule has 0 aliphatic carbocycles. The topological polar surface area (TPSA) is 69.0 Å². The molecule has 0 aliphatic heterocycles. The van der Waals surface area contributed by atoms with Gasteiger partial charge in [-0.2, -0.15) is 0 Å². The van der Waals surface area contributed by atoms with Crippen LogP contribution in [0.3, 0.4) is 0 Å². The first-order chi connectivity index (χ1) is 10.5. The van der Waals surface area contributed by atoms with Gasteiger partial charge in [0.15, 0.2) is 16.8 Å². The molecule has 2 aromatic rings. The van der Waals surface area contributed by atoms with Crippen molar-refractivity contribution in [3.8, 4) is 5.75 Å². The van der Waals surface area contributed by atoms with Crippen molar-refractivity contribution in [3.05, 3.63) is 35.7 Å². The highest BCUT2D eigenvalue weighted by Gasteiger charge is 2.20. The second kappa shape index (κ2) is 7.21. The molecule has 1 amide bonds.